The lowest BCUT2D eigenvalue weighted by molar-refractivity contribution is -0.186. The number of carbonyl (C=O) groups excluding carboxylic acids is 1. The molecule has 3 heterocycles. The molecule has 0 bridgehead atoms. The van der Waals surface area contributed by atoms with E-state index in [9.17, 15) is 4.79 Å². The number of amides is 1. The molecule has 2 aromatic rings. The summed E-state index contributed by atoms with van der Waals surface area (Å²) in [4.78, 5) is 19.0. The Balaban J connectivity index is 1.27. The molecule has 2 saturated heterocycles. The van der Waals surface area contributed by atoms with Gasteiger partial charge in [0.15, 0.2) is 5.79 Å². The maximum Gasteiger partial charge on any atom is 0.232 e. The second kappa shape index (κ2) is 8.45. The van der Waals surface area contributed by atoms with Gasteiger partial charge in [0.1, 0.15) is 5.76 Å². The Hall–Kier alpha value is -1.54. The lowest BCUT2D eigenvalue weighted by Crippen LogP contribution is -2.47. The van der Waals surface area contributed by atoms with Crippen LogP contribution in [0.1, 0.15) is 24.3 Å². The van der Waals surface area contributed by atoms with Crippen molar-refractivity contribution in [2.75, 3.05) is 32.1 Å². The lowest BCUT2D eigenvalue weighted by Gasteiger charge is -2.37. The third-order valence-corrected chi connectivity index (χ3v) is 6.32. The number of thioether (sulfide) groups is 1. The van der Waals surface area contributed by atoms with Gasteiger partial charge in [0, 0.05) is 42.3 Å². The van der Waals surface area contributed by atoms with E-state index in [1.54, 1.807) is 11.8 Å². The van der Waals surface area contributed by atoms with Gasteiger partial charge in [-0.25, -0.2) is 4.98 Å². The third kappa shape index (κ3) is 4.38. The average Bonchev–Trinajstić information content (AvgIpc) is 3.30. The summed E-state index contributed by atoms with van der Waals surface area (Å²) in [5, 5.41) is 0.677. The normalized spacial score (nSPS) is 18.7. The van der Waals surface area contributed by atoms with Crippen molar-refractivity contribution in [1.82, 2.24) is 9.88 Å². The van der Waals surface area contributed by atoms with Crippen LogP contribution in [0, 0.1) is 6.92 Å². The number of hydrogen-bond acceptors (Lipinski definition) is 6. The van der Waals surface area contributed by atoms with Crippen LogP contribution in [0.4, 0.5) is 0 Å². The Labute approximate surface area is 173 Å². The number of carbonyl (C=O) groups is 1. The zero-order chi connectivity index (χ0) is 19.6. The fraction of sp³-hybridized carbons (Fsp3) is 0.500. The van der Waals surface area contributed by atoms with Crippen molar-refractivity contribution in [3.63, 3.8) is 0 Å². The van der Waals surface area contributed by atoms with Gasteiger partial charge in [0.2, 0.25) is 11.8 Å². The molecule has 0 saturated carbocycles. The molecule has 0 atom stereocenters. The highest BCUT2D eigenvalue weighted by Crippen LogP contribution is 2.31. The summed E-state index contributed by atoms with van der Waals surface area (Å²) in [6.45, 7) is 4.57. The van der Waals surface area contributed by atoms with Gasteiger partial charge in [-0.15, -0.1) is 11.8 Å². The van der Waals surface area contributed by atoms with Gasteiger partial charge in [-0.1, -0.05) is 11.6 Å². The highest BCUT2D eigenvalue weighted by Gasteiger charge is 2.40. The molecular weight excluding hydrogens is 400 g/mol. The van der Waals surface area contributed by atoms with Crippen LogP contribution in [-0.4, -0.2) is 53.6 Å². The average molecular weight is 423 g/mol. The monoisotopic (exact) mass is 422 g/mol. The van der Waals surface area contributed by atoms with E-state index in [1.807, 2.05) is 36.1 Å². The number of likely N-dealkylation sites (tertiary alicyclic amines) is 1. The zero-order valence-corrected chi connectivity index (χ0v) is 17.4. The maximum atomic E-state index is 12.5. The fourth-order valence-corrected chi connectivity index (χ4v) is 4.53. The number of piperidine rings is 1. The molecule has 0 aliphatic carbocycles. The first-order valence-electron chi connectivity index (χ1n) is 9.40. The molecule has 0 N–H and O–H groups in total. The minimum Gasteiger partial charge on any atom is -0.441 e. The number of halogens is 1. The molecule has 0 unspecified atom stereocenters. The molecule has 2 fully saturated rings. The SMILES string of the molecule is Cc1oc(-c2ccc(Cl)cc2)nc1CSCC(=O)N1CCC2(CC1)OCCO2. The van der Waals surface area contributed by atoms with E-state index in [-0.39, 0.29) is 5.91 Å². The summed E-state index contributed by atoms with van der Waals surface area (Å²) < 4.78 is 17.2. The highest BCUT2D eigenvalue weighted by atomic mass is 35.5. The number of ether oxygens (including phenoxy) is 2. The molecule has 8 heteroatoms. The highest BCUT2D eigenvalue weighted by molar-refractivity contribution is 7.99. The van der Waals surface area contributed by atoms with Crippen LogP contribution in [0.2, 0.25) is 5.02 Å². The van der Waals surface area contributed by atoms with Crippen molar-refractivity contribution in [3.05, 3.63) is 40.7 Å². The minimum absolute atomic E-state index is 0.150. The van der Waals surface area contributed by atoms with Gasteiger partial charge >= 0.3 is 0 Å². The molecular formula is C20H23ClN2O4S. The first-order valence-corrected chi connectivity index (χ1v) is 10.9. The van der Waals surface area contributed by atoms with Gasteiger partial charge in [-0.2, -0.15) is 0 Å². The predicted octanol–water partition coefficient (Wildman–Crippen LogP) is 3.90. The number of aromatic nitrogens is 1. The van der Waals surface area contributed by atoms with Crippen LogP contribution >= 0.6 is 23.4 Å². The van der Waals surface area contributed by atoms with Crippen molar-refractivity contribution in [1.29, 1.82) is 0 Å². The number of hydrogen-bond donors (Lipinski definition) is 0. The van der Waals surface area contributed by atoms with Crippen LogP contribution in [-0.2, 0) is 20.0 Å². The third-order valence-electron chi connectivity index (χ3n) is 5.14. The Morgan fingerprint density at radius 3 is 2.57 bits per heavy atom. The van der Waals surface area contributed by atoms with Crippen molar-refractivity contribution < 1.29 is 18.7 Å². The van der Waals surface area contributed by atoms with E-state index in [0.717, 1.165) is 29.9 Å². The van der Waals surface area contributed by atoms with Gasteiger partial charge in [-0.3, -0.25) is 4.79 Å². The molecule has 1 spiro atoms. The predicted molar refractivity (Wildman–Crippen MR) is 108 cm³/mol. The summed E-state index contributed by atoms with van der Waals surface area (Å²) in [5.41, 5.74) is 1.76. The summed E-state index contributed by atoms with van der Waals surface area (Å²) in [5.74, 6) is 2.13. The lowest BCUT2D eigenvalue weighted by atomic mass is 10.0. The molecule has 1 aromatic heterocycles. The molecule has 4 rings (SSSR count). The van der Waals surface area contributed by atoms with Gasteiger partial charge in [0.05, 0.1) is 24.7 Å². The topological polar surface area (TPSA) is 64.8 Å². The van der Waals surface area contributed by atoms with Crippen LogP contribution in [0.5, 0.6) is 0 Å². The van der Waals surface area contributed by atoms with E-state index in [1.165, 1.54) is 0 Å². The van der Waals surface area contributed by atoms with Crippen molar-refractivity contribution in [2.45, 2.75) is 31.3 Å². The molecule has 6 nitrogen and oxygen atoms in total. The van der Waals surface area contributed by atoms with E-state index in [4.69, 9.17) is 25.5 Å². The van der Waals surface area contributed by atoms with Crippen molar-refractivity contribution in [3.8, 4) is 11.5 Å². The van der Waals surface area contributed by atoms with Crippen LogP contribution in [0.25, 0.3) is 11.5 Å². The molecule has 0 radical (unpaired) electrons. The second-order valence-corrected chi connectivity index (χ2v) is 8.43. The molecule has 150 valence electrons. The Morgan fingerprint density at radius 2 is 1.89 bits per heavy atom. The summed E-state index contributed by atoms with van der Waals surface area (Å²) in [7, 11) is 0. The van der Waals surface area contributed by atoms with Crippen molar-refractivity contribution >= 4 is 29.3 Å². The standard InChI is InChI=1S/C20H23ClN2O4S/c1-14-17(22-19(27-14)15-2-4-16(21)5-3-15)12-28-13-18(24)23-8-6-20(7-9-23)25-10-11-26-20/h2-5H,6-13H2,1H3. The van der Waals surface area contributed by atoms with E-state index in [2.05, 4.69) is 4.98 Å². The summed E-state index contributed by atoms with van der Waals surface area (Å²) >= 11 is 7.49. The zero-order valence-electron chi connectivity index (χ0n) is 15.8. The number of oxazole rings is 1. The summed E-state index contributed by atoms with van der Waals surface area (Å²) in [6.07, 6.45) is 1.49. The molecule has 28 heavy (non-hydrogen) atoms. The number of nitrogens with zero attached hydrogens (tertiary/aromatic N) is 2. The summed E-state index contributed by atoms with van der Waals surface area (Å²) in [6, 6.07) is 7.39. The van der Waals surface area contributed by atoms with E-state index >= 15 is 0 Å². The van der Waals surface area contributed by atoms with Gasteiger partial charge in [-0.05, 0) is 31.2 Å². The molecule has 1 amide bonds. The maximum absolute atomic E-state index is 12.5. The Morgan fingerprint density at radius 1 is 1.21 bits per heavy atom. The quantitative estimate of drug-likeness (QED) is 0.728. The number of aryl methyl sites for hydroxylation is 1. The number of benzene rings is 1. The van der Waals surface area contributed by atoms with E-state index < -0.39 is 5.79 Å². The van der Waals surface area contributed by atoms with Crippen LogP contribution < -0.4 is 0 Å². The Bertz CT molecular complexity index is 823. The fourth-order valence-electron chi connectivity index (χ4n) is 3.49. The number of rotatable bonds is 5. The van der Waals surface area contributed by atoms with Gasteiger partial charge < -0.3 is 18.8 Å². The first kappa shape index (κ1) is 19.8. The van der Waals surface area contributed by atoms with E-state index in [0.29, 0.717) is 48.7 Å². The second-order valence-electron chi connectivity index (χ2n) is 7.01. The van der Waals surface area contributed by atoms with Gasteiger partial charge in [0.25, 0.3) is 0 Å². The largest absolute Gasteiger partial charge is 0.441 e. The molecule has 2 aliphatic rings. The smallest absolute Gasteiger partial charge is 0.232 e. The molecule has 2 aliphatic heterocycles. The van der Waals surface area contributed by atoms with Crippen molar-refractivity contribution in [2.24, 2.45) is 0 Å². The molecule has 1 aromatic carbocycles. The minimum atomic E-state index is -0.445. The first-order chi connectivity index (χ1) is 13.5. The van der Waals surface area contributed by atoms with Crippen LogP contribution in [0.15, 0.2) is 28.7 Å². The van der Waals surface area contributed by atoms with Crippen LogP contribution in [0.3, 0.4) is 0 Å². The Kier molecular flexibility index (Phi) is 5.96.